The SMILES string of the molecule is O=C1NC(=S)N(c2ccc(Oc3ccccc3)cc2)C(=O)C1=Cc1ccc(-c2cccc(Cl)c2)cc1. The molecule has 0 aliphatic carbocycles. The molecule has 1 aliphatic heterocycles. The number of nitrogens with one attached hydrogen (secondary N) is 1. The Morgan fingerprint density at radius 3 is 2.17 bits per heavy atom. The van der Waals surface area contributed by atoms with Crippen molar-refractivity contribution >= 4 is 52.5 Å². The Hall–Kier alpha value is -4.26. The highest BCUT2D eigenvalue weighted by molar-refractivity contribution is 7.80. The van der Waals surface area contributed by atoms with E-state index in [4.69, 9.17) is 28.6 Å². The molecule has 2 amide bonds. The van der Waals surface area contributed by atoms with Crippen LogP contribution in [0.5, 0.6) is 11.5 Å². The van der Waals surface area contributed by atoms with Crippen LogP contribution in [0.15, 0.2) is 109 Å². The molecule has 1 saturated heterocycles. The van der Waals surface area contributed by atoms with E-state index in [9.17, 15) is 9.59 Å². The minimum atomic E-state index is -0.538. The molecule has 4 aromatic rings. The summed E-state index contributed by atoms with van der Waals surface area (Å²) in [6.07, 6.45) is 1.56. The zero-order valence-corrected chi connectivity index (χ0v) is 20.4. The van der Waals surface area contributed by atoms with Gasteiger partial charge in [0, 0.05) is 5.02 Å². The molecule has 0 spiro atoms. The van der Waals surface area contributed by atoms with E-state index >= 15 is 0 Å². The number of thiocarbonyl (C=S) groups is 1. The van der Waals surface area contributed by atoms with Crippen LogP contribution in [0.3, 0.4) is 0 Å². The topological polar surface area (TPSA) is 58.6 Å². The molecule has 1 heterocycles. The number of nitrogens with zero attached hydrogens (tertiary/aromatic N) is 1. The zero-order valence-electron chi connectivity index (χ0n) is 18.9. The smallest absolute Gasteiger partial charge is 0.270 e. The van der Waals surface area contributed by atoms with E-state index in [0.29, 0.717) is 27.8 Å². The van der Waals surface area contributed by atoms with E-state index in [0.717, 1.165) is 11.1 Å². The van der Waals surface area contributed by atoms with Gasteiger partial charge >= 0.3 is 0 Å². The van der Waals surface area contributed by atoms with Crippen molar-refractivity contribution in [3.05, 3.63) is 119 Å². The summed E-state index contributed by atoms with van der Waals surface area (Å²) < 4.78 is 5.81. The van der Waals surface area contributed by atoms with Gasteiger partial charge in [-0.1, -0.05) is 66.2 Å². The highest BCUT2D eigenvalue weighted by atomic mass is 35.5. The number of hydrogen-bond donors (Lipinski definition) is 1. The molecule has 1 N–H and O–H groups in total. The summed E-state index contributed by atoms with van der Waals surface area (Å²) in [4.78, 5) is 27.2. The first kappa shape index (κ1) is 23.5. The first-order chi connectivity index (χ1) is 17.5. The lowest BCUT2D eigenvalue weighted by Gasteiger charge is -2.29. The van der Waals surface area contributed by atoms with Gasteiger partial charge < -0.3 is 4.74 Å². The van der Waals surface area contributed by atoms with E-state index in [1.54, 1.807) is 30.3 Å². The average molecular weight is 511 g/mol. The minimum Gasteiger partial charge on any atom is -0.457 e. The van der Waals surface area contributed by atoms with Crippen molar-refractivity contribution in [3.8, 4) is 22.6 Å². The maximum absolute atomic E-state index is 13.3. The number of carbonyl (C=O) groups excluding carboxylic acids is 2. The molecule has 1 aliphatic rings. The standard InChI is InChI=1S/C29H19ClN2O3S/c30-22-6-4-5-21(18-22)20-11-9-19(10-12-20)17-26-27(33)31-29(36)32(28(26)34)23-13-15-25(16-14-23)35-24-7-2-1-3-8-24/h1-18H,(H,31,33,36). The van der Waals surface area contributed by atoms with Gasteiger partial charge in [-0.3, -0.25) is 19.8 Å². The van der Waals surface area contributed by atoms with E-state index < -0.39 is 11.8 Å². The summed E-state index contributed by atoms with van der Waals surface area (Å²) in [6, 6.07) is 31.4. The van der Waals surface area contributed by atoms with E-state index in [-0.39, 0.29) is 10.7 Å². The number of anilines is 1. The molecule has 0 aromatic heterocycles. The van der Waals surface area contributed by atoms with Crippen LogP contribution in [0.2, 0.25) is 5.02 Å². The van der Waals surface area contributed by atoms with Crippen molar-refractivity contribution in [1.29, 1.82) is 0 Å². The predicted molar refractivity (Wildman–Crippen MR) is 146 cm³/mol. The molecule has 176 valence electrons. The first-order valence-electron chi connectivity index (χ1n) is 11.1. The molecule has 1 fully saturated rings. The van der Waals surface area contributed by atoms with Crippen molar-refractivity contribution in [1.82, 2.24) is 5.32 Å². The zero-order chi connectivity index (χ0) is 25.1. The summed E-state index contributed by atoms with van der Waals surface area (Å²) >= 11 is 11.4. The molecule has 0 radical (unpaired) electrons. The van der Waals surface area contributed by atoms with Crippen LogP contribution in [0.1, 0.15) is 5.56 Å². The van der Waals surface area contributed by atoms with Gasteiger partial charge in [-0.2, -0.15) is 0 Å². The number of rotatable bonds is 5. The number of halogens is 1. The molecule has 5 rings (SSSR count). The highest BCUT2D eigenvalue weighted by Gasteiger charge is 2.34. The van der Waals surface area contributed by atoms with Crippen molar-refractivity contribution in [2.75, 3.05) is 4.90 Å². The molecule has 0 atom stereocenters. The van der Waals surface area contributed by atoms with Crippen LogP contribution in [-0.2, 0) is 9.59 Å². The van der Waals surface area contributed by atoms with Gasteiger partial charge in [0.25, 0.3) is 11.8 Å². The number of hydrogen-bond acceptors (Lipinski definition) is 4. The Morgan fingerprint density at radius 2 is 1.47 bits per heavy atom. The van der Waals surface area contributed by atoms with Gasteiger partial charge in [0.15, 0.2) is 5.11 Å². The van der Waals surface area contributed by atoms with Gasteiger partial charge in [0.1, 0.15) is 17.1 Å². The molecule has 36 heavy (non-hydrogen) atoms. The molecule has 0 unspecified atom stereocenters. The summed E-state index contributed by atoms with van der Waals surface area (Å²) in [5.74, 6) is 0.275. The largest absolute Gasteiger partial charge is 0.457 e. The second kappa shape index (κ2) is 10.2. The van der Waals surface area contributed by atoms with Gasteiger partial charge in [0.05, 0.1) is 5.69 Å². The van der Waals surface area contributed by atoms with Gasteiger partial charge in [-0.15, -0.1) is 0 Å². The molecule has 4 aromatic carbocycles. The van der Waals surface area contributed by atoms with E-state index in [1.807, 2.05) is 78.9 Å². The molecular weight excluding hydrogens is 492 g/mol. The monoisotopic (exact) mass is 510 g/mol. The molecule has 5 nitrogen and oxygen atoms in total. The molecular formula is C29H19ClN2O3S. The molecule has 7 heteroatoms. The lowest BCUT2D eigenvalue weighted by Crippen LogP contribution is -2.54. The Kier molecular flexibility index (Phi) is 6.62. The normalized spacial score (nSPS) is 14.6. The fraction of sp³-hybridized carbons (Fsp3) is 0. The van der Waals surface area contributed by atoms with Gasteiger partial charge in [-0.05, 0) is 83.5 Å². The van der Waals surface area contributed by atoms with Crippen LogP contribution >= 0.6 is 23.8 Å². The van der Waals surface area contributed by atoms with Crippen LogP contribution < -0.4 is 15.0 Å². The minimum absolute atomic E-state index is 0.0104. The highest BCUT2D eigenvalue weighted by Crippen LogP contribution is 2.28. The summed E-state index contributed by atoms with van der Waals surface area (Å²) in [7, 11) is 0. The summed E-state index contributed by atoms with van der Waals surface area (Å²) in [6.45, 7) is 0. The Morgan fingerprint density at radius 1 is 0.778 bits per heavy atom. The Bertz CT molecular complexity index is 1480. The third kappa shape index (κ3) is 5.05. The number of amides is 2. The number of ether oxygens (including phenoxy) is 1. The predicted octanol–water partition coefficient (Wildman–Crippen LogP) is 6.63. The van der Waals surface area contributed by atoms with Gasteiger partial charge in [-0.25, -0.2) is 0 Å². The van der Waals surface area contributed by atoms with E-state index in [2.05, 4.69) is 5.32 Å². The number of para-hydroxylation sites is 1. The fourth-order valence-electron chi connectivity index (χ4n) is 3.79. The van der Waals surface area contributed by atoms with Crippen molar-refractivity contribution in [2.45, 2.75) is 0 Å². The summed E-state index contributed by atoms with van der Waals surface area (Å²) in [5, 5.41) is 3.28. The lowest BCUT2D eigenvalue weighted by molar-refractivity contribution is -0.122. The molecule has 0 bridgehead atoms. The van der Waals surface area contributed by atoms with Crippen LogP contribution in [0.4, 0.5) is 5.69 Å². The summed E-state index contributed by atoms with van der Waals surface area (Å²) in [5.41, 5.74) is 3.17. The second-order valence-electron chi connectivity index (χ2n) is 8.00. The number of carbonyl (C=O) groups is 2. The van der Waals surface area contributed by atoms with Gasteiger partial charge in [0.2, 0.25) is 0 Å². The van der Waals surface area contributed by atoms with Crippen LogP contribution in [-0.4, -0.2) is 16.9 Å². The Labute approximate surface area is 218 Å². The third-order valence-electron chi connectivity index (χ3n) is 5.56. The number of benzene rings is 4. The van der Waals surface area contributed by atoms with Crippen molar-refractivity contribution in [3.63, 3.8) is 0 Å². The maximum atomic E-state index is 13.3. The Balaban J connectivity index is 1.37. The van der Waals surface area contributed by atoms with Crippen molar-refractivity contribution in [2.24, 2.45) is 0 Å². The lowest BCUT2D eigenvalue weighted by atomic mass is 10.0. The maximum Gasteiger partial charge on any atom is 0.270 e. The quantitative estimate of drug-likeness (QED) is 0.186. The molecule has 0 saturated carbocycles. The van der Waals surface area contributed by atoms with Crippen LogP contribution in [0.25, 0.3) is 17.2 Å². The van der Waals surface area contributed by atoms with E-state index in [1.165, 1.54) is 4.90 Å². The first-order valence-corrected chi connectivity index (χ1v) is 11.9. The third-order valence-corrected chi connectivity index (χ3v) is 6.07. The van der Waals surface area contributed by atoms with Crippen molar-refractivity contribution < 1.29 is 14.3 Å². The second-order valence-corrected chi connectivity index (χ2v) is 8.82. The van der Waals surface area contributed by atoms with Crippen LogP contribution in [0, 0.1) is 0 Å². The fourth-order valence-corrected chi connectivity index (χ4v) is 4.26. The average Bonchev–Trinajstić information content (AvgIpc) is 2.88.